The lowest BCUT2D eigenvalue weighted by molar-refractivity contribution is 0.0941. The van der Waals surface area contributed by atoms with Crippen molar-refractivity contribution in [3.63, 3.8) is 0 Å². The molecule has 0 spiro atoms. The van der Waals surface area contributed by atoms with Crippen LogP contribution in [0.15, 0.2) is 46.9 Å². The Morgan fingerprint density at radius 1 is 1.17 bits per heavy atom. The smallest absolute Gasteiger partial charge is 0.273 e. The monoisotopic (exact) mass is 397 g/mol. The summed E-state index contributed by atoms with van der Waals surface area (Å²) in [7, 11) is 0. The van der Waals surface area contributed by atoms with Gasteiger partial charge in [-0.05, 0) is 48.1 Å². The van der Waals surface area contributed by atoms with Crippen molar-refractivity contribution in [3.05, 3.63) is 63.9 Å². The molecule has 2 aromatic carbocycles. The maximum atomic E-state index is 12.8. The van der Waals surface area contributed by atoms with Crippen LogP contribution in [-0.4, -0.2) is 16.1 Å². The van der Waals surface area contributed by atoms with Gasteiger partial charge in [0.1, 0.15) is 11.6 Å². The van der Waals surface area contributed by atoms with Gasteiger partial charge in [-0.3, -0.25) is 15.6 Å². The number of hydrogen-bond acceptors (Lipinski definition) is 3. The molecule has 1 amide bonds. The van der Waals surface area contributed by atoms with Crippen molar-refractivity contribution in [3.8, 4) is 5.75 Å². The second-order valence-electron chi connectivity index (χ2n) is 4.55. The number of thiocarbonyl (C=S) groups is 1. The normalized spacial score (nSPS) is 10.0. The molecule has 0 unspecified atom stereocenters. The van der Waals surface area contributed by atoms with E-state index in [1.165, 1.54) is 24.3 Å². The van der Waals surface area contributed by atoms with Crippen molar-refractivity contribution < 1.29 is 14.3 Å². The Bertz CT molecular complexity index is 725. The lowest BCUT2D eigenvalue weighted by Crippen LogP contribution is -2.46. The maximum Gasteiger partial charge on any atom is 0.273 e. The highest BCUT2D eigenvalue weighted by molar-refractivity contribution is 9.10. The molecule has 5 nitrogen and oxygen atoms in total. The minimum Gasteiger partial charge on any atom is -0.507 e. The van der Waals surface area contributed by atoms with Crippen LogP contribution < -0.4 is 16.2 Å². The first-order chi connectivity index (χ1) is 11.0. The van der Waals surface area contributed by atoms with Gasteiger partial charge >= 0.3 is 0 Å². The van der Waals surface area contributed by atoms with Crippen LogP contribution in [0.25, 0.3) is 0 Å². The van der Waals surface area contributed by atoms with Crippen LogP contribution in [-0.2, 0) is 6.54 Å². The van der Waals surface area contributed by atoms with Gasteiger partial charge in [-0.25, -0.2) is 4.39 Å². The molecule has 0 aliphatic rings. The van der Waals surface area contributed by atoms with E-state index in [2.05, 4.69) is 32.1 Å². The molecule has 23 heavy (non-hydrogen) atoms. The minimum absolute atomic E-state index is 0.105. The summed E-state index contributed by atoms with van der Waals surface area (Å²) in [6, 6.07) is 10.5. The molecule has 0 aromatic heterocycles. The third-order valence-corrected chi connectivity index (χ3v) is 3.60. The summed E-state index contributed by atoms with van der Waals surface area (Å²) in [4.78, 5) is 12.0. The van der Waals surface area contributed by atoms with E-state index in [4.69, 9.17) is 12.2 Å². The molecule has 0 atom stereocenters. The molecule has 0 fully saturated rings. The van der Waals surface area contributed by atoms with Crippen molar-refractivity contribution in [2.75, 3.05) is 0 Å². The fraction of sp³-hybridized carbons (Fsp3) is 0.0667. The third-order valence-electron chi connectivity index (χ3n) is 2.86. The summed E-state index contributed by atoms with van der Waals surface area (Å²) in [5.74, 6) is -0.983. The molecule has 4 N–H and O–H groups in total. The van der Waals surface area contributed by atoms with Gasteiger partial charge in [0.2, 0.25) is 0 Å². The van der Waals surface area contributed by atoms with Crippen LogP contribution in [0.2, 0.25) is 0 Å². The number of amides is 1. The second-order valence-corrected chi connectivity index (χ2v) is 5.87. The van der Waals surface area contributed by atoms with Crippen LogP contribution in [0.5, 0.6) is 5.75 Å². The van der Waals surface area contributed by atoms with Crippen molar-refractivity contribution in [2.24, 2.45) is 0 Å². The van der Waals surface area contributed by atoms with Crippen molar-refractivity contribution in [2.45, 2.75) is 6.54 Å². The number of nitrogens with one attached hydrogen (secondary N) is 3. The second kappa shape index (κ2) is 7.89. The summed E-state index contributed by atoms with van der Waals surface area (Å²) < 4.78 is 13.5. The third kappa shape index (κ3) is 5.19. The van der Waals surface area contributed by atoms with E-state index in [0.717, 1.165) is 5.56 Å². The molecular formula is C15H13BrFN3O2S. The molecule has 0 heterocycles. The Balaban J connectivity index is 1.83. The van der Waals surface area contributed by atoms with Crippen molar-refractivity contribution in [1.82, 2.24) is 16.2 Å². The Kier molecular flexibility index (Phi) is 5.89. The Morgan fingerprint density at radius 3 is 2.57 bits per heavy atom. The summed E-state index contributed by atoms with van der Waals surface area (Å²) in [6.07, 6.45) is 0. The fourth-order valence-corrected chi connectivity index (χ4v) is 2.18. The van der Waals surface area contributed by atoms with Gasteiger partial charge in [0.15, 0.2) is 5.11 Å². The van der Waals surface area contributed by atoms with E-state index in [1.54, 1.807) is 18.2 Å². The predicted octanol–water partition coefficient (Wildman–Crippen LogP) is 2.60. The molecule has 0 bridgehead atoms. The van der Waals surface area contributed by atoms with Gasteiger partial charge in [-0.2, -0.15) is 0 Å². The Labute approximate surface area is 146 Å². The number of rotatable bonds is 3. The first-order valence-corrected chi connectivity index (χ1v) is 7.73. The van der Waals surface area contributed by atoms with E-state index < -0.39 is 5.91 Å². The summed E-state index contributed by atoms with van der Waals surface area (Å²) in [6.45, 7) is 0.379. The van der Waals surface area contributed by atoms with Gasteiger partial charge in [0, 0.05) is 11.0 Å². The number of benzene rings is 2. The minimum atomic E-state index is -0.533. The summed E-state index contributed by atoms with van der Waals surface area (Å²) in [5, 5.41) is 12.7. The number of phenolic OH excluding ortho intramolecular Hbond substituents is 1. The average molecular weight is 398 g/mol. The lowest BCUT2D eigenvalue weighted by atomic mass is 10.2. The Morgan fingerprint density at radius 2 is 1.87 bits per heavy atom. The highest BCUT2D eigenvalue weighted by atomic mass is 79.9. The first kappa shape index (κ1) is 17.2. The predicted molar refractivity (Wildman–Crippen MR) is 92.2 cm³/mol. The SMILES string of the molecule is O=C(NNC(=S)NCc1ccc(F)cc1)c1cc(Br)ccc1O. The van der Waals surface area contributed by atoms with Crippen LogP contribution in [0.4, 0.5) is 4.39 Å². The van der Waals surface area contributed by atoms with Crippen LogP contribution >= 0.6 is 28.1 Å². The molecule has 8 heteroatoms. The highest BCUT2D eigenvalue weighted by Gasteiger charge is 2.11. The fourth-order valence-electron chi connectivity index (χ4n) is 1.70. The van der Waals surface area contributed by atoms with Gasteiger partial charge in [0.05, 0.1) is 5.56 Å². The number of hydrazine groups is 1. The molecule has 2 rings (SSSR count). The zero-order valence-corrected chi connectivity index (χ0v) is 14.2. The molecule has 0 aliphatic heterocycles. The number of carbonyl (C=O) groups is 1. The first-order valence-electron chi connectivity index (χ1n) is 6.53. The summed E-state index contributed by atoms with van der Waals surface area (Å²) in [5.41, 5.74) is 5.85. The van der Waals surface area contributed by atoms with E-state index in [0.29, 0.717) is 11.0 Å². The van der Waals surface area contributed by atoms with E-state index in [1.807, 2.05) is 0 Å². The number of aromatic hydroxyl groups is 1. The molecule has 0 radical (unpaired) electrons. The number of phenols is 1. The number of halogens is 2. The molecular weight excluding hydrogens is 385 g/mol. The molecule has 0 saturated carbocycles. The molecule has 0 aliphatic carbocycles. The largest absolute Gasteiger partial charge is 0.507 e. The lowest BCUT2D eigenvalue weighted by Gasteiger charge is -2.12. The van der Waals surface area contributed by atoms with Crippen molar-refractivity contribution >= 4 is 39.2 Å². The van der Waals surface area contributed by atoms with Crippen LogP contribution in [0, 0.1) is 5.82 Å². The van der Waals surface area contributed by atoms with Crippen LogP contribution in [0.3, 0.4) is 0 Å². The zero-order valence-electron chi connectivity index (χ0n) is 11.8. The number of carbonyl (C=O) groups excluding carboxylic acids is 1. The average Bonchev–Trinajstić information content (AvgIpc) is 2.54. The van der Waals surface area contributed by atoms with E-state index >= 15 is 0 Å². The van der Waals surface area contributed by atoms with Crippen molar-refractivity contribution in [1.29, 1.82) is 0 Å². The van der Waals surface area contributed by atoms with E-state index in [-0.39, 0.29) is 22.2 Å². The quantitative estimate of drug-likeness (QED) is 0.473. The summed E-state index contributed by atoms with van der Waals surface area (Å²) >= 11 is 8.25. The molecule has 120 valence electrons. The standard InChI is InChI=1S/C15H13BrFN3O2S/c16-10-3-6-13(21)12(7-10)14(22)19-20-15(23)18-8-9-1-4-11(17)5-2-9/h1-7,21H,8H2,(H,19,22)(H2,18,20,23). The van der Waals surface area contributed by atoms with Gasteiger partial charge in [0.25, 0.3) is 5.91 Å². The topological polar surface area (TPSA) is 73.4 Å². The van der Waals surface area contributed by atoms with Gasteiger partial charge in [-0.1, -0.05) is 28.1 Å². The van der Waals surface area contributed by atoms with Crippen LogP contribution in [0.1, 0.15) is 15.9 Å². The molecule has 2 aromatic rings. The van der Waals surface area contributed by atoms with Gasteiger partial charge < -0.3 is 10.4 Å². The maximum absolute atomic E-state index is 12.8. The van der Waals surface area contributed by atoms with Gasteiger partial charge in [-0.15, -0.1) is 0 Å². The van der Waals surface area contributed by atoms with E-state index in [9.17, 15) is 14.3 Å². The zero-order chi connectivity index (χ0) is 16.8. The highest BCUT2D eigenvalue weighted by Crippen LogP contribution is 2.21. The molecule has 0 saturated heterocycles. The number of hydrogen-bond donors (Lipinski definition) is 4. The Hall–Kier alpha value is -2.19.